The highest BCUT2D eigenvalue weighted by molar-refractivity contribution is 9.11. The Bertz CT molecular complexity index is 856. The number of carbonyl (C=O) groups is 1. The highest BCUT2D eigenvalue weighted by atomic mass is 79.9. The van der Waals surface area contributed by atoms with Crippen LogP contribution >= 0.6 is 55.1 Å². The summed E-state index contributed by atoms with van der Waals surface area (Å²) in [5.74, 6) is 0.728. The number of carbonyl (C=O) groups excluding carboxylic acids is 1. The van der Waals surface area contributed by atoms with Gasteiger partial charge in [0, 0.05) is 6.07 Å². The van der Waals surface area contributed by atoms with Gasteiger partial charge in [0.25, 0.3) is 0 Å². The minimum absolute atomic E-state index is 0.0947. The van der Waals surface area contributed by atoms with Crippen LogP contribution in [0, 0.1) is 6.92 Å². The molecule has 0 spiro atoms. The van der Waals surface area contributed by atoms with Crippen LogP contribution in [0.15, 0.2) is 15.0 Å². The largest absolute Gasteiger partial charge is 0.495 e. The van der Waals surface area contributed by atoms with Crippen molar-refractivity contribution in [1.29, 1.82) is 0 Å². The Morgan fingerprint density at radius 2 is 1.22 bits per heavy atom. The molecule has 5 nitrogen and oxygen atoms in total. The summed E-state index contributed by atoms with van der Waals surface area (Å²) in [5, 5.41) is 0.461. The molecule has 27 heavy (non-hydrogen) atoms. The molecule has 0 atom stereocenters. The molecule has 9 heteroatoms. The van der Waals surface area contributed by atoms with Gasteiger partial charge in [-0.25, -0.2) is 0 Å². The summed E-state index contributed by atoms with van der Waals surface area (Å²) in [4.78, 5) is 13.6. The fourth-order valence-corrected chi connectivity index (χ4v) is 4.72. The lowest BCUT2D eigenvalue weighted by Crippen LogP contribution is -2.11. The molecule has 0 fully saturated rings. The normalized spacial score (nSPS) is 10.6. The number of halogens is 4. The van der Waals surface area contributed by atoms with E-state index in [0.717, 1.165) is 0 Å². The fourth-order valence-electron chi connectivity index (χ4n) is 2.56. The Labute approximate surface area is 184 Å². The number of hydrogen-bond donors (Lipinski definition) is 0. The van der Waals surface area contributed by atoms with Crippen LogP contribution in [0.25, 0.3) is 0 Å². The molecule has 2 aromatic rings. The van der Waals surface area contributed by atoms with Crippen LogP contribution in [-0.2, 0) is 0 Å². The van der Waals surface area contributed by atoms with E-state index >= 15 is 0 Å². The molecule has 0 saturated heterocycles. The zero-order valence-electron chi connectivity index (χ0n) is 15.1. The molecule has 0 heterocycles. The molecule has 146 valence electrons. The quantitative estimate of drug-likeness (QED) is 0.413. The SMILES string of the molecule is COc1cc(OC)c(Br)c(C(=O)c2c(OC)c(Cl)c(C)c(Cl)c2OC)c1Br. The van der Waals surface area contributed by atoms with Crippen molar-refractivity contribution in [3.05, 3.63) is 41.7 Å². The number of hydrogen-bond acceptors (Lipinski definition) is 5. The summed E-state index contributed by atoms with van der Waals surface area (Å²) in [6.45, 7) is 1.71. The van der Waals surface area contributed by atoms with Crippen molar-refractivity contribution in [3.8, 4) is 23.0 Å². The molecule has 0 unspecified atom stereocenters. The first-order chi connectivity index (χ1) is 12.7. The molecular formula is C18H16Br2Cl2O5. The Hall–Kier alpha value is -1.15. The number of ketones is 1. The molecule has 0 aliphatic rings. The average Bonchev–Trinajstić information content (AvgIpc) is 2.66. The standard InChI is InChI=1S/C18H16Br2Cl2O5/c1-7-14(21)17(26-4)11(18(27-5)15(7)22)16(23)10-12(19)8(24-2)6-9(25-3)13(10)20/h6H,1-5H3. The maximum Gasteiger partial charge on any atom is 0.203 e. The highest BCUT2D eigenvalue weighted by Gasteiger charge is 2.31. The van der Waals surface area contributed by atoms with Gasteiger partial charge in [-0.3, -0.25) is 4.79 Å². The third kappa shape index (κ3) is 3.75. The first kappa shape index (κ1) is 22.1. The molecule has 2 rings (SSSR count). The second kappa shape index (κ2) is 8.90. The van der Waals surface area contributed by atoms with Gasteiger partial charge in [-0.1, -0.05) is 23.2 Å². The second-order valence-corrected chi connectivity index (χ2v) is 7.65. The van der Waals surface area contributed by atoms with Crippen LogP contribution in [0.1, 0.15) is 21.5 Å². The van der Waals surface area contributed by atoms with Gasteiger partial charge in [0.05, 0.1) is 53.0 Å². The van der Waals surface area contributed by atoms with E-state index in [-0.39, 0.29) is 32.7 Å². The van der Waals surface area contributed by atoms with Crippen molar-refractivity contribution in [1.82, 2.24) is 0 Å². The van der Waals surface area contributed by atoms with Crippen molar-refractivity contribution >= 4 is 60.8 Å². The summed E-state index contributed by atoms with van der Waals surface area (Å²) in [7, 11) is 5.81. The smallest absolute Gasteiger partial charge is 0.203 e. The summed E-state index contributed by atoms with van der Waals surface area (Å²) >= 11 is 19.6. The van der Waals surface area contributed by atoms with Crippen LogP contribution in [0.4, 0.5) is 0 Å². The average molecular weight is 543 g/mol. The zero-order valence-corrected chi connectivity index (χ0v) is 19.8. The molecule has 0 N–H and O–H groups in total. The Morgan fingerprint density at radius 3 is 1.56 bits per heavy atom. The van der Waals surface area contributed by atoms with E-state index in [1.165, 1.54) is 28.4 Å². The van der Waals surface area contributed by atoms with Gasteiger partial charge in [0.2, 0.25) is 5.78 Å². The highest BCUT2D eigenvalue weighted by Crippen LogP contribution is 2.48. The summed E-state index contributed by atoms with van der Waals surface area (Å²) in [5.41, 5.74) is 0.890. The third-order valence-corrected chi connectivity index (χ3v) is 6.43. The maximum absolute atomic E-state index is 13.6. The minimum atomic E-state index is -0.441. The van der Waals surface area contributed by atoms with Gasteiger partial charge < -0.3 is 18.9 Å². The summed E-state index contributed by atoms with van der Waals surface area (Å²) in [6, 6.07) is 1.65. The van der Waals surface area contributed by atoms with Crippen molar-refractivity contribution in [2.45, 2.75) is 6.92 Å². The molecule has 0 saturated carbocycles. The molecule has 0 aromatic heterocycles. The van der Waals surface area contributed by atoms with E-state index in [4.69, 9.17) is 42.1 Å². The lowest BCUT2D eigenvalue weighted by Gasteiger charge is -2.20. The Kier molecular flexibility index (Phi) is 7.30. The van der Waals surface area contributed by atoms with Crippen LogP contribution in [-0.4, -0.2) is 34.2 Å². The molecule has 0 aliphatic carbocycles. The van der Waals surface area contributed by atoms with E-state index in [2.05, 4.69) is 31.9 Å². The van der Waals surface area contributed by atoms with Gasteiger partial charge in [-0.05, 0) is 44.3 Å². The number of rotatable bonds is 6. The van der Waals surface area contributed by atoms with E-state index in [0.29, 0.717) is 26.0 Å². The summed E-state index contributed by atoms with van der Waals surface area (Å²) in [6.07, 6.45) is 0. The van der Waals surface area contributed by atoms with Crippen LogP contribution < -0.4 is 18.9 Å². The van der Waals surface area contributed by atoms with Gasteiger partial charge in [0.15, 0.2) is 11.5 Å². The predicted octanol–water partition coefficient (Wildman–Crippen LogP) is 6.09. The zero-order chi connectivity index (χ0) is 20.5. The van der Waals surface area contributed by atoms with Crippen molar-refractivity contribution in [3.63, 3.8) is 0 Å². The topological polar surface area (TPSA) is 54.0 Å². The van der Waals surface area contributed by atoms with E-state index in [1.807, 2.05) is 0 Å². The van der Waals surface area contributed by atoms with E-state index in [1.54, 1.807) is 13.0 Å². The molecule has 2 aromatic carbocycles. The van der Waals surface area contributed by atoms with Gasteiger partial charge in [0.1, 0.15) is 17.1 Å². The van der Waals surface area contributed by atoms with Crippen LogP contribution in [0.3, 0.4) is 0 Å². The van der Waals surface area contributed by atoms with Crippen LogP contribution in [0.5, 0.6) is 23.0 Å². The molecule has 0 bridgehead atoms. The first-order valence-electron chi connectivity index (χ1n) is 7.49. The third-order valence-electron chi connectivity index (χ3n) is 3.95. The van der Waals surface area contributed by atoms with E-state index < -0.39 is 5.78 Å². The molecule has 0 radical (unpaired) electrons. The summed E-state index contributed by atoms with van der Waals surface area (Å²) < 4.78 is 22.3. The predicted molar refractivity (Wildman–Crippen MR) is 113 cm³/mol. The number of methoxy groups -OCH3 is 4. The number of benzene rings is 2. The van der Waals surface area contributed by atoms with Crippen LogP contribution in [0.2, 0.25) is 10.0 Å². The monoisotopic (exact) mass is 540 g/mol. The lowest BCUT2D eigenvalue weighted by molar-refractivity contribution is 0.103. The van der Waals surface area contributed by atoms with Gasteiger partial charge in [-0.15, -0.1) is 0 Å². The minimum Gasteiger partial charge on any atom is -0.495 e. The van der Waals surface area contributed by atoms with Gasteiger partial charge in [-0.2, -0.15) is 0 Å². The fraction of sp³-hybridized carbons (Fsp3) is 0.278. The molecule has 0 amide bonds. The van der Waals surface area contributed by atoms with Gasteiger partial charge >= 0.3 is 0 Å². The molecular weight excluding hydrogens is 527 g/mol. The van der Waals surface area contributed by atoms with E-state index in [9.17, 15) is 4.79 Å². The number of ether oxygens (including phenoxy) is 4. The first-order valence-corrected chi connectivity index (χ1v) is 9.83. The van der Waals surface area contributed by atoms with Crippen molar-refractivity contribution in [2.24, 2.45) is 0 Å². The van der Waals surface area contributed by atoms with Crippen molar-refractivity contribution < 1.29 is 23.7 Å². The Balaban J connectivity index is 2.92. The second-order valence-electron chi connectivity index (χ2n) is 5.31. The lowest BCUT2D eigenvalue weighted by atomic mass is 9.99. The maximum atomic E-state index is 13.6. The molecule has 0 aliphatic heterocycles. The van der Waals surface area contributed by atoms with Crippen molar-refractivity contribution in [2.75, 3.05) is 28.4 Å². The Morgan fingerprint density at radius 1 is 0.815 bits per heavy atom.